The van der Waals surface area contributed by atoms with Crippen LogP contribution in [0.15, 0.2) is 24.4 Å². The van der Waals surface area contributed by atoms with E-state index in [0.717, 1.165) is 16.5 Å². The molecule has 2 atom stereocenters. The molecule has 1 amide bonds. The van der Waals surface area contributed by atoms with Gasteiger partial charge in [0.25, 0.3) is 0 Å². The van der Waals surface area contributed by atoms with Crippen molar-refractivity contribution in [2.75, 3.05) is 0 Å². The lowest BCUT2D eigenvalue weighted by Gasteiger charge is -2.25. The third kappa shape index (κ3) is 4.45. The van der Waals surface area contributed by atoms with Gasteiger partial charge in [0.1, 0.15) is 11.6 Å². The third-order valence-corrected chi connectivity index (χ3v) is 4.15. The number of fused-ring (bicyclic) bond motifs is 1. The van der Waals surface area contributed by atoms with E-state index in [2.05, 4.69) is 5.32 Å². The fourth-order valence-corrected chi connectivity index (χ4v) is 2.94. The molecule has 2 rings (SSSR count). The average Bonchev–Trinajstić information content (AvgIpc) is 2.78. The third-order valence-electron chi connectivity index (χ3n) is 3.91. The molecule has 0 unspecified atom stereocenters. The lowest BCUT2D eigenvalue weighted by Crippen LogP contribution is -2.46. The van der Waals surface area contributed by atoms with Crippen LogP contribution in [0, 0.1) is 0 Å². The van der Waals surface area contributed by atoms with Crippen LogP contribution >= 0.6 is 11.6 Å². The summed E-state index contributed by atoms with van der Waals surface area (Å²) in [6.07, 6.45) is 1.10. The molecule has 6 nitrogen and oxygen atoms in total. The van der Waals surface area contributed by atoms with Crippen molar-refractivity contribution in [3.8, 4) is 0 Å². The number of alkyl carbamates (subject to hydrolysis) is 1. The highest BCUT2D eigenvalue weighted by Crippen LogP contribution is 2.31. The predicted molar refractivity (Wildman–Crippen MR) is 97.1 cm³/mol. The predicted octanol–water partition coefficient (Wildman–Crippen LogP) is 3.91. The van der Waals surface area contributed by atoms with Crippen LogP contribution in [-0.4, -0.2) is 33.4 Å². The van der Waals surface area contributed by atoms with E-state index in [4.69, 9.17) is 16.3 Å². The number of benzene rings is 1. The first-order valence-electron chi connectivity index (χ1n) is 7.96. The van der Waals surface area contributed by atoms with Crippen LogP contribution in [0.1, 0.15) is 39.2 Å². The topological polar surface area (TPSA) is 80.6 Å². The number of nitrogens with zero attached hydrogens (tertiary/aromatic N) is 1. The Bertz CT molecular complexity index is 807. The molecule has 0 fully saturated rings. The molecule has 0 radical (unpaired) electrons. The van der Waals surface area contributed by atoms with Crippen LogP contribution in [0.4, 0.5) is 4.79 Å². The Morgan fingerprint density at radius 1 is 1.32 bits per heavy atom. The van der Waals surface area contributed by atoms with Crippen molar-refractivity contribution in [1.29, 1.82) is 0 Å². The highest BCUT2D eigenvalue weighted by Gasteiger charge is 2.31. The van der Waals surface area contributed by atoms with E-state index in [1.807, 2.05) is 23.9 Å². The molecule has 1 heterocycles. The van der Waals surface area contributed by atoms with Gasteiger partial charge >= 0.3 is 12.1 Å². The molecule has 0 saturated heterocycles. The highest BCUT2D eigenvalue weighted by atomic mass is 35.5. The van der Waals surface area contributed by atoms with Crippen LogP contribution in [0.5, 0.6) is 0 Å². The van der Waals surface area contributed by atoms with E-state index in [1.165, 1.54) is 0 Å². The number of aromatic nitrogens is 1. The summed E-state index contributed by atoms with van der Waals surface area (Å²) in [5.74, 6) is -1.61. The van der Waals surface area contributed by atoms with Crippen LogP contribution < -0.4 is 5.32 Å². The second-order valence-corrected chi connectivity index (χ2v) is 7.54. The first kappa shape index (κ1) is 19.1. The average molecular weight is 367 g/mol. The van der Waals surface area contributed by atoms with Gasteiger partial charge in [0.05, 0.1) is 0 Å². The molecule has 0 bridgehead atoms. The summed E-state index contributed by atoms with van der Waals surface area (Å²) in [5, 5.41) is 13.5. The number of nitrogens with one attached hydrogen (secondary N) is 1. The lowest BCUT2D eigenvalue weighted by molar-refractivity contribution is -0.140. The molecule has 0 saturated carbocycles. The standard InChI is InChI=1S/C18H23ClN2O4/c1-10(15(16(22)23)20-17(24)25-18(2,3)4)13-9-21(5)14-7-6-11(19)8-12(13)14/h6-10,15H,1-5H3,(H,20,24)(H,22,23)/t10-,15-/m1/s1. The monoisotopic (exact) mass is 366 g/mol. The minimum Gasteiger partial charge on any atom is -0.480 e. The second-order valence-electron chi connectivity index (χ2n) is 7.11. The Morgan fingerprint density at radius 2 is 1.96 bits per heavy atom. The fourth-order valence-electron chi connectivity index (χ4n) is 2.77. The van der Waals surface area contributed by atoms with Gasteiger partial charge in [-0.05, 0) is 44.5 Å². The minimum absolute atomic E-state index is 0.479. The number of amides is 1. The number of carboxylic acid groups (broad SMARTS) is 1. The largest absolute Gasteiger partial charge is 0.480 e. The number of hydrogen-bond donors (Lipinski definition) is 2. The summed E-state index contributed by atoms with van der Waals surface area (Å²) >= 11 is 6.09. The van der Waals surface area contributed by atoms with Crippen molar-refractivity contribution in [3.05, 3.63) is 35.0 Å². The summed E-state index contributed by atoms with van der Waals surface area (Å²) in [4.78, 5) is 23.7. The number of hydrogen-bond acceptors (Lipinski definition) is 3. The van der Waals surface area contributed by atoms with Crippen molar-refractivity contribution in [2.45, 2.75) is 45.3 Å². The molecule has 0 spiro atoms. The zero-order valence-electron chi connectivity index (χ0n) is 15.0. The number of ether oxygens (including phenoxy) is 1. The zero-order chi connectivity index (χ0) is 18.9. The lowest BCUT2D eigenvalue weighted by atomic mass is 9.93. The molecule has 136 valence electrons. The van der Waals surface area contributed by atoms with Crippen molar-refractivity contribution in [3.63, 3.8) is 0 Å². The molecule has 25 heavy (non-hydrogen) atoms. The van der Waals surface area contributed by atoms with Gasteiger partial charge < -0.3 is 19.7 Å². The highest BCUT2D eigenvalue weighted by molar-refractivity contribution is 6.31. The zero-order valence-corrected chi connectivity index (χ0v) is 15.7. The first-order chi connectivity index (χ1) is 11.5. The maximum Gasteiger partial charge on any atom is 0.408 e. The molecule has 1 aromatic heterocycles. The Labute approximate surface area is 151 Å². The van der Waals surface area contributed by atoms with Gasteiger partial charge in [-0.3, -0.25) is 0 Å². The fraction of sp³-hybridized carbons (Fsp3) is 0.444. The number of aryl methyl sites for hydroxylation is 1. The molecule has 0 aliphatic rings. The maximum atomic E-state index is 12.0. The Balaban J connectivity index is 2.35. The Kier molecular flexibility index (Phi) is 5.32. The van der Waals surface area contributed by atoms with Crippen molar-refractivity contribution < 1.29 is 19.4 Å². The van der Waals surface area contributed by atoms with Crippen molar-refractivity contribution >= 4 is 34.6 Å². The number of halogens is 1. The minimum atomic E-state index is -1.13. The maximum absolute atomic E-state index is 12.0. The van der Waals surface area contributed by atoms with Gasteiger partial charge in [-0.2, -0.15) is 0 Å². The van der Waals surface area contributed by atoms with E-state index in [0.29, 0.717) is 5.02 Å². The van der Waals surface area contributed by atoms with Crippen molar-refractivity contribution in [2.24, 2.45) is 7.05 Å². The van der Waals surface area contributed by atoms with E-state index >= 15 is 0 Å². The van der Waals surface area contributed by atoms with Crippen molar-refractivity contribution in [1.82, 2.24) is 9.88 Å². The quantitative estimate of drug-likeness (QED) is 0.859. The smallest absolute Gasteiger partial charge is 0.408 e. The van der Waals surface area contributed by atoms with E-state index < -0.39 is 29.6 Å². The van der Waals surface area contributed by atoms with E-state index in [1.54, 1.807) is 39.8 Å². The summed E-state index contributed by atoms with van der Waals surface area (Å²) in [6, 6.07) is 4.34. The molecular weight excluding hydrogens is 344 g/mol. The van der Waals surface area contributed by atoms with Gasteiger partial charge in [0.15, 0.2) is 0 Å². The molecular formula is C18H23ClN2O4. The number of carbonyl (C=O) groups is 2. The van der Waals surface area contributed by atoms with Crippen LogP contribution in [0.2, 0.25) is 5.02 Å². The van der Waals surface area contributed by atoms with Gasteiger partial charge in [-0.15, -0.1) is 0 Å². The molecule has 0 aliphatic carbocycles. The number of carbonyl (C=O) groups excluding carboxylic acids is 1. The molecule has 2 N–H and O–H groups in total. The van der Waals surface area contributed by atoms with Gasteiger partial charge in [0, 0.05) is 35.1 Å². The number of rotatable bonds is 4. The van der Waals surface area contributed by atoms with Crippen LogP contribution in [0.3, 0.4) is 0 Å². The summed E-state index contributed by atoms with van der Waals surface area (Å²) < 4.78 is 7.08. The number of aliphatic carboxylic acids is 1. The molecule has 0 aliphatic heterocycles. The number of carboxylic acids is 1. The Morgan fingerprint density at radius 3 is 2.52 bits per heavy atom. The van der Waals surface area contributed by atoms with Gasteiger partial charge in [0.2, 0.25) is 0 Å². The SMILES string of the molecule is C[C@H](c1cn(C)c2ccc(Cl)cc12)[C@@H](NC(=O)OC(C)(C)C)C(=O)O. The van der Waals surface area contributed by atoms with Crippen LogP contribution in [-0.2, 0) is 16.6 Å². The summed E-state index contributed by atoms with van der Waals surface area (Å²) in [7, 11) is 1.88. The molecule has 1 aromatic carbocycles. The van der Waals surface area contributed by atoms with Gasteiger partial charge in [-0.25, -0.2) is 9.59 Å². The Hall–Kier alpha value is -2.21. The van der Waals surface area contributed by atoms with E-state index in [9.17, 15) is 14.7 Å². The molecule has 7 heteroatoms. The molecule has 2 aromatic rings. The van der Waals surface area contributed by atoms with Crippen LogP contribution in [0.25, 0.3) is 10.9 Å². The second kappa shape index (κ2) is 6.96. The first-order valence-corrected chi connectivity index (χ1v) is 8.34. The summed E-state index contributed by atoms with van der Waals surface area (Å²) in [5.41, 5.74) is 1.03. The normalized spacial score (nSPS) is 14.2. The summed E-state index contributed by atoms with van der Waals surface area (Å²) in [6.45, 7) is 6.92. The van der Waals surface area contributed by atoms with E-state index in [-0.39, 0.29) is 0 Å². The van der Waals surface area contributed by atoms with Gasteiger partial charge in [-0.1, -0.05) is 18.5 Å².